The van der Waals surface area contributed by atoms with Gasteiger partial charge in [-0.05, 0) is 38.2 Å². The van der Waals surface area contributed by atoms with Crippen LogP contribution in [0.4, 0.5) is 20.5 Å². The quantitative estimate of drug-likeness (QED) is 0.538. The van der Waals surface area contributed by atoms with Gasteiger partial charge in [0, 0.05) is 31.0 Å². The molecule has 1 saturated carbocycles. The molecule has 9 heteroatoms. The molecule has 164 valence electrons. The lowest BCUT2D eigenvalue weighted by Gasteiger charge is -2.27. The topological polar surface area (TPSA) is 92.2 Å². The van der Waals surface area contributed by atoms with Crippen molar-refractivity contribution in [2.24, 2.45) is 0 Å². The van der Waals surface area contributed by atoms with E-state index in [4.69, 9.17) is 4.74 Å². The van der Waals surface area contributed by atoms with Gasteiger partial charge >= 0.3 is 0 Å². The second kappa shape index (κ2) is 11.0. The van der Waals surface area contributed by atoms with E-state index in [1.807, 2.05) is 0 Å². The molecule has 0 spiro atoms. The van der Waals surface area contributed by atoms with E-state index < -0.39 is 12.8 Å². The van der Waals surface area contributed by atoms with Gasteiger partial charge < -0.3 is 20.5 Å². The summed E-state index contributed by atoms with van der Waals surface area (Å²) in [5.74, 6) is 1.42. The van der Waals surface area contributed by atoms with Gasteiger partial charge in [0.25, 0.3) is 0 Å². The highest BCUT2D eigenvalue weighted by Gasteiger charge is 2.22. The third-order valence-electron chi connectivity index (χ3n) is 5.10. The molecule has 3 rings (SSSR count). The number of aliphatic hydroxyl groups is 1. The maximum absolute atomic E-state index is 13.6. The van der Waals surface area contributed by atoms with Gasteiger partial charge in [0.1, 0.15) is 31.0 Å². The summed E-state index contributed by atoms with van der Waals surface area (Å²) in [5, 5.41) is 16.1. The predicted octanol–water partition coefficient (Wildman–Crippen LogP) is 3.76. The van der Waals surface area contributed by atoms with Gasteiger partial charge in [-0.2, -0.15) is 4.98 Å². The van der Waals surface area contributed by atoms with Crippen molar-refractivity contribution in [3.05, 3.63) is 24.5 Å². The number of anilines is 2. The smallest absolute Gasteiger partial charge is 0.224 e. The zero-order chi connectivity index (χ0) is 21.3. The van der Waals surface area contributed by atoms with Crippen molar-refractivity contribution in [2.75, 3.05) is 30.5 Å². The van der Waals surface area contributed by atoms with Crippen LogP contribution in [-0.4, -0.2) is 58.2 Å². The summed E-state index contributed by atoms with van der Waals surface area (Å²) in [4.78, 5) is 13.3. The highest BCUT2D eigenvalue weighted by molar-refractivity contribution is 5.73. The largest absolute Gasteiger partial charge is 0.491 e. The zero-order valence-corrected chi connectivity index (χ0v) is 17.2. The molecule has 1 aliphatic rings. The fourth-order valence-electron chi connectivity index (χ4n) is 3.33. The van der Waals surface area contributed by atoms with Crippen LogP contribution in [-0.2, 0) is 0 Å². The third kappa shape index (κ3) is 6.22. The normalized spacial score (nSPS) is 19.9. The fourth-order valence-corrected chi connectivity index (χ4v) is 3.33. The van der Waals surface area contributed by atoms with E-state index >= 15 is 0 Å². The molecular weight excluding hydrogens is 392 g/mol. The molecule has 0 aliphatic heterocycles. The molecule has 0 aromatic carbocycles. The Hall–Kier alpha value is -2.55. The van der Waals surface area contributed by atoms with Crippen molar-refractivity contribution in [2.45, 2.75) is 57.3 Å². The molecular formula is C21H29F2N5O2. The predicted molar refractivity (Wildman–Crippen MR) is 112 cm³/mol. The lowest BCUT2D eigenvalue weighted by atomic mass is 9.93. The van der Waals surface area contributed by atoms with E-state index in [1.54, 1.807) is 31.5 Å². The van der Waals surface area contributed by atoms with E-state index in [-0.39, 0.29) is 25.3 Å². The van der Waals surface area contributed by atoms with Crippen molar-refractivity contribution in [3.8, 4) is 17.0 Å². The van der Waals surface area contributed by atoms with Gasteiger partial charge in [0.2, 0.25) is 5.95 Å². The van der Waals surface area contributed by atoms with Gasteiger partial charge in [-0.1, -0.05) is 6.92 Å². The van der Waals surface area contributed by atoms with Gasteiger partial charge in [0.05, 0.1) is 17.4 Å². The summed E-state index contributed by atoms with van der Waals surface area (Å²) < 4.78 is 31.4. The molecule has 2 aromatic heterocycles. The van der Waals surface area contributed by atoms with Gasteiger partial charge in [-0.3, -0.25) is 4.98 Å². The number of pyridine rings is 1. The molecule has 1 unspecified atom stereocenters. The summed E-state index contributed by atoms with van der Waals surface area (Å²) in [6.45, 7) is 1.31. The van der Waals surface area contributed by atoms with Crippen molar-refractivity contribution >= 4 is 11.8 Å². The Bertz CT molecular complexity index is 803. The minimum Gasteiger partial charge on any atom is -0.491 e. The zero-order valence-electron chi connectivity index (χ0n) is 17.2. The number of nitrogens with zero attached hydrogens (tertiary/aromatic N) is 3. The summed E-state index contributed by atoms with van der Waals surface area (Å²) in [5.41, 5.74) is 1.26. The average molecular weight is 421 g/mol. The molecule has 2 aromatic rings. The van der Waals surface area contributed by atoms with Crippen LogP contribution in [0.2, 0.25) is 0 Å². The number of rotatable bonds is 10. The molecule has 0 amide bonds. The van der Waals surface area contributed by atoms with Crippen LogP contribution in [0, 0.1) is 0 Å². The van der Waals surface area contributed by atoms with Crippen molar-refractivity contribution in [3.63, 3.8) is 0 Å². The fraction of sp³-hybridized carbons (Fsp3) is 0.571. The molecule has 0 radical (unpaired) electrons. The van der Waals surface area contributed by atoms with Crippen LogP contribution >= 0.6 is 0 Å². The number of aliphatic hydroxyl groups excluding tert-OH is 1. The molecule has 7 nitrogen and oxygen atoms in total. The second-order valence-corrected chi connectivity index (χ2v) is 7.41. The van der Waals surface area contributed by atoms with Crippen LogP contribution in [0.25, 0.3) is 11.3 Å². The summed E-state index contributed by atoms with van der Waals surface area (Å²) in [7, 11) is 0. The van der Waals surface area contributed by atoms with E-state index in [9.17, 15) is 13.9 Å². The number of nitrogens with one attached hydrogen (secondary N) is 2. The average Bonchev–Trinajstić information content (AvgIpc) is 2.78. The standard InChI is InChI=1S/C21H29F2N5O2/c1-2-14(23)12-25-21-26-13-18(19-11-17(7-9-24-19)30-10-8-22)20(28-21)27-15-3-5-16(29)6-4-15/h7,9,11,13-16,29H,2-6,8,10,12H2,1H3,(H2,25,26,27,28). The van der Waals surface area contributed by atoms with Crippen LogP contribution < -0.4 is 15.4 Å². The molecule has 0 saturated heterocycles. The Morgan fingerprint density at radius 2 is 2.07 bits per heavy atom. The molecule has 3 N–H and O–H groups in total. The van der Waals surface area contributed by atoms with Crippen molar-refractivity contribution in [1.29, 1.82) is 0 Å². The van der Waals surface area contributed by atoms with Crippen LogP contribution in [0.15, 0.2) is 24.5 Å². The van der Waals surface area contributed by atoms with Gasteiger partial charge in [-0.25, -0.2) is 13.8 Å². The number of hydrogen-bond acceptors (Lipinski definition) is 7. The number of halogens is 2. The summed E-state index contributed by atoms with van der Waals surface area (Å²) in [6, 6.07) is 3.54. The molecule has 1 atom stereocenters. The minimum absolute atomic E-state index is 0.0276. The summed E-state index contributed by atoms with van der Waals surface area (Å²) in [6.07, 6.45) is 5.51. The Balaban J connectivity index is 1.85. The maximum Gasteiger partial charge on any atom is 0.224 e. The van der Waals surface area contributed by atoms with Crippen molar-refractivity contribution < 1.29 is 18.6 Å². The van der Waals surface area contributed by atoms with Crippen LogP contribution in [0.3, 0.4) is 0 Å². The van der Waals surface area contributed by atoms with E-state index in [1.165, 1.54) is 0 Å². The van der Waals surface area contributed by atoms with Gasteiger partial charge in [0.15, 0.2) is 0 Å². The number of ether oxygens (including phenoxy) is 1. The first-order valence-corrected chi connectivity index (χ1v) is 10.4. The first-order valence-electron chi connectivity index (χ1n) is 10.4. The van der Waals surface area contributed by atoms with Gasteiger partial charge in [-0.15, -0.1) is 0 Å². The second-order valence-electron chi connectivity index (χ2n) is 7.41. The highest BCUT2D eigenvalue weighted by atomic mass is 19.1. The summed E-state index contributed by atoms with van der Waals surface area (Å²) >= 11 is 0. The monoisotopic (exact) mass is 421 g/mol. The Morgan fingerprint density at radius 3 is 2.80 bits per heavy atom. The van der Waals surface area contributed by atoms with E-state index in [0.717, 1.165) is 25.7 Å². The first-order chi connectivity index (χ1) is 14.6. The number of aromatic nitrogens is 3. The lowest BCUT2D eigenvalue weighted by Crippen LogP contribution is -2.29. The molecule has 1 aliphatic carbocycles. The Kier molecular flexibility index (Phi) is 8.12. The lowest BCUT2D eigenvalue weighted by molar-refractivity contribution is 0.126. The molecule has 30 heavy (non-hydrogen) atoms. The van der Waals surface area contributed by atoms with Crippen LogP contribution in [0.1, 0.15) is 39.0 Å². The third-order valence-corrected chi connectivity index (χ3v) is 5.10. The first kappa shape index (κ1) is 22.1. The maximum atomic E-state index is 13.6. The molecule has 1 fully saturated rings. The highest BCUT2D eigenvalue weighted by Crippen LogP contribution is 2.30. The van der Waals surface area contributed by atoms with E-state index in [0.29, 0.717) is 35.2 Å². The number of hydrogen-bond donors (Lipinski definition) is 3. The molecule has 2 heterocycles. The van der Waals surface area contributed by atoms with E-state index in [2.05, 4.69) is 25.6 Å². The molecule has 0 bridgehead atoms. The number of alkyl halides is 2. The Labute approximate surface area is 175 Å². The minimum atomic E-state index is -0.976. The van der Waals surface area contributed by atoms with Crippen LogP contribution in [0.5, 0.6) is 5.75 Å². The van der Waals surface area contributed by atoms with Crippen molar-refractivity contribution in [1.82, 2.24) is 15.0 Å². The Morgan fingerprint density at radius 1 is 1.27 bits per heavy atom. The SMILES string of the molecule is CCC(F)CNc1ncc(-c2cc(OCCF)ccn2)c(NC2CCC(O)CC2)n1.